The molecule has 1 aliphatic heterocycles. The highest BCUT2D eigenvalue weighted by Crippen LogP contribution is 2.24. The number of fused-ring (bicyclic) bond motifs is 1. The summed E-state index contributed by atoms with van der Waals surface area (Å²) in [6, 6.07) is 4.67. The van der Waals surface area contributed by atoms with Crippen molar-refractivity contribution < 1.29 is 9.59 Å². The van der Waals surface area contributed by atoms with Crippen LogP contribution in [0.15, 0.2) is 18.2 Å². The molecule has 2 amide bonds. The van der Waals surface area contributed by atoms with Crippen LogP contribution in [-0.4, -0.2) is 17.9 Å². The molecule has 0 saturated heterocycles. The highest BCUT2D eigenvalue weighted by atomic mass is 16.2. The van der Waals surface area contributed by atoms with Crippen molar-refractivity contribution in [3.05, 3.63) is 29.3 Å². The Morgan fingerprint density at radius 1 is 1.56 bits per heavy atom. The lowest BCUT2D eigenvalue weighted by Crippen LogP contribution is -2.32. The SMILES string of the molecule is C[C@@H](N)C(=O)Nc1cccc2c1CNC2=O. The molecule has 1 heterocycles. The predicted octanol–water partition coefficient (Wildman–Crippen LogP) is 0.216. The molecule has 1 aromatic carbocycles. The Morgan fingerprint density at radius 2 is 2.31 bits per heavy atom. The second-order valence-corrected chi connectivity index (χ2v) is 3.79. The molecule has 5 heteroatoms. The maximum absolute atomic E-state index is 11.5. The van der Waals surface area contributed by atoms with E-state index in [1.54, 1.807) is 25.1 Å². The molecule has 2 rings (SSSR count). The number of hydrogen-bond acceptors (Lipinski definition) is 3. The molecule has 0 unspecified atom stereocenters. The Bertz CT molecular complexity index is 455. The van der Waals surface area contributed by atoms with E-state index in [4.69, 9.17) is 5.73 Å². The second-order valence-electron chi connectivity index (χ2n) is 3.79. The number of carbonyl (C=O) groups excluding carboxylic acids is 2. The first-order valence-corrected chi connectivity index (χ1v) is 5.06. The van der Waals surface area contributed by atoms with Crippen LogP contribution in [0, 0.1) is 0 Å². The molecule has 1 atom stereocenters. The van der Waals surface area contributed by atoms with E-state index >= 15 is 0 Å². The van der Waals surface area contributed by atoms with Gasteiger partial charge in [0.15, 0.2) is 0 Å². The Balaban J connectivity index is 2.30. The van der Waals surface area contributed by atoms with Gasteiger partial charge in [0.1, 0.15) is 0 Å². The molecule has 0 aliphatic carbocycles. The van der Waals surface area contributed by atoms with Gasteiger partial charge in [-0.05, 0) is 19.1 Å². The second kappa shape index (κ2) is 3.94. The van der Waals surface area contributed by atoms with Crippen LogP contribution < -0.4 is 16.4 Å². The van der Waals surface area contributed by atoms with Gasteiger partial charge in [0.25, 0.3) is 5.91 Å². The number of anilines is 1. The fourth-order valence-electron chi connectivity index (χ4n) is 1.62. The lowest BCUT2D eigenvalue weighted by molar-refractivity contribution is -0.117. The first kappa shape index (κ1) is 10.6. The van der Waals surface area contributed by atoms with E-state index in [0.717, 1.165) is 5.56 Å². The molecule has 0 radical (unpaired) electrons. The predicted molar refractivity (Wildman–Crippen MR) is 59.9 cm³/mol. The highest BCUT2D eigenvalue weighted by Gasteiger charge is 2.22. The van der Waals surface area contributed by atoms with Crippen molar-refractivity contribution in [2.24, 2.45) is 5.73 Å². The summed E-state index contributed by atoms with van der Waals surface area (Å²) in [5.74, 6) is -0.361. The summed E-state index contributed by atoms with van der Waals surface area (Å²) in [6.07, 6.45) is 0. The average Bonchev–Trinajstić information content (AvgIpc) is 2.62. The van der Waals surface area contributed by atoms with Crippen LogP contribution in [0.25, 0.3) is 0 Å². The molecular formula is C11H13N3O2. The standard InChI is InChI=1S/C11H13N3O2/c1-6(12)10(15)14-9-4-2-3-7-8(9)5-13-11(7)16/h2-4,6H,5,12H2,1H3,(H,13,16)(H,14,15)/t6-/m1/s1. The van der Waals surface area contributed by atoms with E-state index in [0.29, 0.717) is 17.8 Å². The van der Waals surface area contributed by atoms with Crippen molar-refractivity contribution in [1.82, 2.24) is 5.32 Å². The normalized spacial score (nSPS) is 15.2. The Kier molecular flexibility index (Phi) is 2.62. The molecule has 0 fully saturated rings. The molecule has 0 saturated carbocycles. The van der Waals surface area contributed by atoms with E-state index in [1.165, 1.54) is 0 Å². The third-order valence-corrected chi connectivity index (χ3v) is 2.52. The molecule has 5 nitrogen and oxygen atoms in total. The third kappa shape index (κ3) is 1.77. The monoisotopic (exact) mass is 219 g/mol. The van der Waals surface area contributed by atoms with Crippen LogP contribution in [-0.2, 0) is 11.3 Å². The zero-order valence-corrected chi connectivity index (χ0v) is 8.91. The summed E-state index contributed by atoms with van der Waals surface area (Å²) in [7, 11) is 0. The molecular weight excluding hydrogens is 206 g/mol. The van der Waals surface area contributed by atoms with Crippen molar-refractivity contribution in [1.29, 1.82) is 0 Å². The van der Waals surface area contributed by atoms with Crippen molar-refractivity contribution in [3.8, 4) is 0 Å². The van der Waals surface area contributed by atoms with Crippen molar-refractivity contribution in [2.75, 3.05) is 5.32 Å². The van der Waals surface area contributed by atoms with E-state index in [9.17, 15) is 9.59 Å². The molecule has 84 valence electrons. The van der Waals surface area contributed by atoms with Crippen LogP contribution >= 0.6 is 0 Å². The molecule has 1 aromatic rings. The summed E-state index contributed by atoms with van der Waals surface area (Å²) >= 11 is 0. The van der Waals surface area contributed by atoms with Crippen LogP contribution in [0.1, 0.15) is 22.8 Å². The average molecular weight is 219 g/mol. The number of hydrogen-bond donors (Lipinski definition) is 3. The summed E-state index contributed by atoms with van der Waals surface area (Å²) < 4.78 is 0. The largest absolute Gasteiger partial charge is 0.348 e. The van der Waals surface area contributed by atoms with Crippen LogP contribution in [0.3, 0.4) is 0 Å². The zero-order chi connectivity index (χ0) is 11.7. The van der Waals surface area contributed by atoms with Crippen molar-refractivity contribution in [3.63, 3.8) is 0 Å². The first-order valence-electron chi connectivity index (χ1n) is 5.06. The van der Waals surface area contributed by atoms with Gasteiger partial charge in [0.05, 0.1) is 6.04 Å². The van der Waals surface area contributed by atoms with Gasteiger partial charge in [0.2, 0.25) is 5.91 Å². The molecule has 0 bridgehead atoms. The molecule has 1 aliphatic rings. The van der Waals surface area contributed by atoms with Gasteiger partial charge in [-0.25, -0.2) is 0 Å². The molecule has 4 N–H and O–H groups in total. The fourth-order valence-corrected chi connectivity index (χ4v) is 1.62. The maximum Gasteiger partial charge on any atom is 0.251 e. The zero-order valence-electron chi connectivity index (χ0n) is 8.91. The molecule has 0 spiro atoms. The minimum Gasteiger partial charge on any atom is -0.348 e. The summed E-state index contributed by atoms with van der Waals surface area (Å²) in [4.78, 5) is 22.8. The first-order chi connectivity index (χ1) is 7.59. The van der Waals surface area contributed by atoms with Gasteiger partial charge in [-0.15, -0.1) is 0 Å². The minimum absolute atomic E-state index is 0.105. The third-order valence-electron chi connectivity index (χ3n) is 2.52. The Morgan fingerprint density at radius 3 is 3.00 bits per heavy atom. The number of nitrogens with one attached hydrogen (secondary N) is 2. The van der Waals surface area contributed by atoms with Crippen molar-refractivity contribution in [2.45, 2.75) is 19.5 Å². The smallest absolute Gasteiger partial charge is 0.251 e. The van der Waals surface area contributed by atoms with Gasteiger partial charge in [0, 0.05) is 23.4 Å². The Labute approximate surface area is 93.0 Å². The molecule has 0 aromatic heterocycles. The lowest BCUT2D eigenvalue weighted by atomic mass is 10.1. The quantitative estimate of drug-likeness (QED) is 0.665. The van der Waals surface area contributed by atoms with E-state index in [-0.39, 0.29) is 11.8 Å². The highest BCUT2D eigenvalue weighted by molar-refractivity contribution is 6.02. The van der Waals surface area contributed by atoms with E-state index in [1.807, 2.05) is 0 Å². The van der Waals surface area contributed by atoms with Gasteiger partial charge >= 0.3 is 0 Å². The number of rotatable bonds is 2. The van der Waals surface area contributed by atoms with Crippen LogP contribution in [0.4, 0.5) is 5.69 Å². The summed E-state index contributed by atoms with van der Waals surface area (Å²) in [5, 5.41) is 5.41. The fraction of sp³-hybridized carbons (Fsp3) is 0.273. The van der Waals surface area contributed by atoms with Gasteiger partial charge < -0.3 is 16.4 Å². The van der Waals surface area contributed by atoms with E-state index < -0.39 is 6.04 Å². The number of amides is 2. The van der Waals surface area contributed by atoms with Gasteiger partial charge in [-0.1, -0.05) is 6.07 Å². The van der Waals surface area contributed by atoms with Gasteiger partial charge in [-0.3, -0.25) is 9.59 Å². The maximum atomic E-state index is 11.5. The minimum atomic E-state index is -0.569. The van der Waals surface area contributed by atoms with Crippen molar-refractivity contribution >= 4 is 17.5 Å². The number of carbonyl (C=O) groups is 2. The number of benzene rings is 1. The van der Waals surface area contributed by atoms with E-state index in [2.05, 4.69) is 10.6 Å². The van der Waals surface area contributed by atoms with Crippen LogP contribution in [0.2, 0.25) is 0 Å². The summed E-state index contributed by atoms with van der Waals surface area (Å²) in [5.41, 5.74) is 7.55. The Hall–Kier alpha value is -1.88. The van der Waals surface area contributed by atoms with Gasteiger partial charge in [-0.2, -0.15) is 0 Å². The molecule has 16 heavy (non-hydrogen) atoms. The number of nitrogens with two attached hydrogens (primary N) is 1. The summed E-state index contributed by atoms with van der Waals surface area (Å²) in [6.45, 7) is 2.06. The lowest BCUT2D eigenvalue weighted by Gasteiger charge is -2.10. The van der Waals surface area contributed by atoms with Crippen LogP contribution in [0.5, 0.6) is 0 Å². The topological polar surface area (TPSA) is 84.2 Å².